The van der Waals surface area contributed by atoms with E-state index in [1.54, 1.807) is 48.5 Å². The topological polar surface area (TPSA) is 149 Å². The summed E-state index contributed by atoms with van der Waals surface area (Å²) >= 11 is 11.7. The summed E-state index contributed by atoms with van der Waals surface area (Å²) < 4.78 is 34.0. The van der Waals surface area contributed by atoms with Crippen LogP contribution in [-0.4, -0.2) is 41.7 Å². The van der Waals surface area contributed by atoms with Gasteiger partial charge in [-0.05, 0) is 65.5 Å². The van der Waals surface area contributed by atoms with Gasteiger partial charge in [0.1, 0.15) is 5.69 Å². The molecule has 5 rings (SSSR count). The zero-order chi connectivity index (χ0) is 30.7. The van der Waals surface area contributed by atoms with Crippen LogP contribution in [-0.2, 0) is 26.6 Å². The fourth-order valence-electron chi connectivity index (χ4n) is 4.29. The van der Waals surface area contributed by atoms with Crippen LogP contribution in [0.15, 0.2) is 94.6 Å². The van der Waals surface area contributed by atoms with Crippen molar-refractivity contribution in [2.75, 3.05) is 16.6 Å². The van der Waals surface area contributed by atoms with E-state index >= 15 is 0 Å². The minimum Gasteiger partial charge on any atom is -0.451 e. The molecule has 0 aliphatic rings. The van der Waals surface area contributed by atoms with E-state index in [9.17, 15) is 22.8 Å². The number of hydrogen-bond acceptors (Lipinski definition) is 8. The fourth-order valence-corrected chi connectivity index (χ4v) is 5.52. The largest absolute Gasteiger partial charge is 0.451 e. The van der Waals surface area contributed by atoms with Crippen molar-refractivity contribution in [2.45, 2.75) is 4.90 Å². The number of fused-ring (bicyclic) bond motifs is 1. The lowest BCUT2D eigenvalue weighted by molar-refractivity contribution is -0.119. The van der Waals surface area contributed by atoms with E-state index in [0.29, 0.717) is 26.9 Å². The van der Waals surface area contributed by atoms with Gasteiger partial charge >= 0.3 is 5.97 Å². The Morgan fingerprint density at radius 2 is 1.56 bits per heavy atom. The van der Waals surface area contributed by atoms with Crippen molar-refractivity contribution in [1.29, 1.82) is 0 Å². The Morgan fingerprint density at radius 3 is 2.21 bits per heavy atom. The molecule has 0 unspecified atom stereocenters. The summed E-state index contributed by atoms with van der Waals surface area (Å²) in [7, 11) is -2.54. The molecule has 0 aliphatic heterocycles. The lowest BCUT2D eigenvalue weighted by Crippen LogP contribution is -2.28. The van der Waals surface area contributed by atoms with Gasteiger partial charge < -0.3 is 14.6 Å². The van der Waals surface area contributed by atoms with Crippen molar-refractivity contribution < 1.29 is 22.7 Å². The van der Waals surface area contributed by atoms with Crippen LogP contribution in [0.5, 0.6) is 0 Å². The van der Waals surface area contributed by atoms with Gasteiger partial charge in [-0.1, -0.05) is 53.5 Å². The van der Waals surface area contributed by atoms with Crippen LogP contribution in [0.4, 0.5) is 11.5 Å². The molecule has 3 aromatic carbocycles. The number of amides is 1. The standard InChI is InChI=1S/C29H21Cl2N5O6S/c1-36-27(26(17-6-8-18(30)9-7-17)21-4-2-3-5-22(21)28(36)38)29(39)42-16-25(37)32-19-10-12-20(13-11-19)43(40,41)35-24-15-14-23(31)33-34-24/h2-15H,16H2,1H3,(H,32,37)(H,34,35). The molecule has 0 atom stereocenters. The Hall–Kier alpha value is -4.78. The van der Waals surface area contributed by atoms with Gasteiger partial charge in [0.2, 0.25) is 0 Å². The number of hydrogen-bond donors (Lipinski definition) is 2. The number of aromatic nitrogens is 3. The molecule has 0 bridgehead atoms. The number of nitrogens with one attached hydrogen (secondary N) is 2. The Balaban J connectivity index is 1.31. The second kappa shape index (κ2) is 12.2. The molecule has 2 heterocycles. The summed E-state index contributed by atoms with van der Waals surface area (Å²) in [5.41, 5.74) is 0.893. The van der Waals surface area contributed by atoms with E-state index in [-0.39, 0.29) is 27.2 Å². The summed E-state index contributed by atoms with van der Waals surface area (Å²) in [5.74, 6) is -1.59. The van der Waals surface area contributed by atoms with Crippen LogP contribution in [0.1, 0.15) is 10.5 Å². The molecule has 0 saturated carbocycles. The molecular formula is C29H21Cl2N5O6S. The molecule has 0 spiro atoms. The van der Waals surface area contributed by atoms with Gasteiger partial charge in [-0.3, -0.25) is 14.3 Å². The second-order valence-electron chi connectivity index (χ2n) is 9.14. The van der Waals surface area contributed by atoms with E-state index < -0.39 is 34.1 Å². The van der Waals surface area contributed by atoms with Gasteiger partial charge in [0.15, 0.2) is 17.6 Å². The molecule has 11 nitrogen and oxygen atoms in total. The lowest BCUT2D eigenvalue weighted by atomic mass is 9.97. The van der Waals surface area contributed by atoms with Gasteiger partial charge in [0, 0.05) is 28.7 Å². The van der Waals surface area contributed by atoms with Crippen molar-refractivity contribution in [3.63, 3.8) is 0 Å². The van der Waals surface area contributed by atoms with Crippen LogP contribution >= 0.6 is 23.2 Å². The zero-order valence-electron chi connectivity index (χ0n) is 22.2. The van der Waals surface area contributed by atoms with E-state index in [1.807, 2.05) is 0 Å². The van der Waals surface area contributed by atoms with Crippen LogP contribution in [0.2, 0.25) is 10.2 Å². The number of benzene rings is 3. The summed E-state index contributed by atoms with van der Waals surface area (Å²) in [6, 6.07) is 21.7. The Bertz CT molecular complexity index is 2020. The first-order valence-corrected chi connectivity index (χ1v) is 14.7. The second-order valence-corrected chi connectivity index (χ2v) is 11.6. The number of ether oxygens (including phenoxy) is 1. The van der Waals surface area contributed by atoms with Gasteiger partial charge in [0.05, 0.1) is 4.90 Å². The quantitative estimate of drug-likeness (QED) is 0.228. The third-order valence-electron chi connectivity index (χ3n) is 6.28. The molecule has 0 radical (unpaired) electrons. The molecule has 2 N–H and O–H groups in total. The minimum atomic E-state index is -3.99. The molecular weight excluding hydrogens is 617 g/mol. The highest BCUT2D eigenvalue weighted by Crippen LogP contribution is 2.32. The first-order valence-electron chi connectivity index (χ1n) is 12.5. The highest BCUT2D eigenvalue weighted by atomic mass is 35.5. The molecule has 0 aliphatic carbocycles. The summed E-state index contributed by atoms with van der Waals surface area (Å²) in [6.07, 6.45) is 0. The number of nitrogens with zero attached hydrogens (tertiary/aromatic N) is 3. The van der Waals surface area contributed by atoms with Crippen LogP contribution < -0.4 is 15.6 Å². The molecule has 2 aromatic heterocycles. The number of carbonyl (C=O) groups is 2. The number of rotatable bonds is 8. The van der Waals surface area contributed by atoms with Gasteiger partial charge in [-0.15, -0.1) is 10.2 Å². The molecule has 0 fully saturated rings. The van der Waals surface area contributed by atoms with E-state index in [0.717, 1.165) is 0 Å². The van der Waals surface area contributed by atoms with Crippen molar-refractivity contribution in [3.8, 4) is 11.1 Å². The smallest absolute Gasteiger partial charge is 0.356 e. The number of carbonyl (C=O) groups excluding carboxylic acids is 2. The van der Waals surface area contributed by atoms with Crippen LogP contribution in [0.3, 0.4) is 0 Å². The molecule has 43 heavy (non-hydrogen) atoms. The SMILES string of the molecule is Cn1c(C(=O)OCC(=O)Nc2ccc(S(=O)(=O)Nc3ccc(Cl)nn3)cc2)c(-c2ccc(Cl)cc2)c2ccccc2c1=O. The molecule has 1 amide bonds. The number of sulfonamides is 1. The van der Waals surface area contributed by atoms with Crippen LogP contribution in [0.25, 0.3) is 21.9 Å². The van der Waals surface area contributed by atoms with E-state index in [1.165, 1.54) is 48.0 Å². The number of pyridine rings is 1. The summed E-state index contributed by atoms with van der Waals surface area (Å²) in [6.45, 7) is -0.670. The van der Waals surface area contributed by atoms with Crippen molar-refractivity contribution in [2.24, 2.45) is 7.05 Å². The van der Waals surface area contributed by atoms with Crippen molar-refractivity contribution in [1.82, 2.24) is 14.8 Å². The average Bonchev–Trinajstić information content (AvgIpc) is 2.99. The van der Waals surface area contributed by atoms with E-state index in [4.69, 9.17) is 27.9 Å². The number of halogens is 2. The zero-order valence-corrected chi connectivity index (χ0v) is 24.6. The summed E-state index contributed by atoms with van der Waals surface area (Å²) in [5, 5.41) is 11.3. The van der Waals surface area contributed by atoms with Crippen molar-refractivity contribution >= 4 is 67.4 Å². The maximum Gasteiger partial charge on any atom is 0.356 e. The van der Waals surface area contributed by atoms with E-state index in [2.05, 4.69) is 20.2 Å². The monoisotopic (exact) mass is 637 g/mol. The molecule has 0 saturated heterocycles. The fraction of sp³-hybridized carbons (Fsp3) is 0.0690. The first-order chi connectivity index (χ1) is 20.5. The normalized spacial score (nSPS) is 11.2. The predicted octanol–water partition coefficient (Wildman–Crippen LogP) is 4.90. The first kappa shape index (κ1) is 29.7. The predicted molar refractivity (Wildman–Crippen MR) is 163 cm³/mol. The number of esters is 1. The highest BCUT2D eigenvalue weighted by Gasteiger charge is 2.24. The highest BCUT2D eigenvalue weighted by molar-refractivity contribution is 7.92. The maximum absolute atomic E-state index is 13.3. The Labute approximate surface area is 255 Å². The average molecular weight is 638 g/mol. The third-order valence-corrected chi connectivity index (χ3v) is 8.11. The lowest BCUT2D eigenvalue weighted by Gasteiger charge is -2.17. The summed E-state index contributed by atoms with van der Waals surface area (Å²) in [4.78, 5) is 38.9. The van der Waals surface area contributed by atoms with Crippen molar-refractivity contribution in [3.05, 3.63) is 111 Å². The molecule has 218 valence electrons. The maximum atomic E-state index is 13.3. The third kappa shape index (κ3) is 6.51. The van der Waals surface area contributed by atoms with Gasteiger partial charge in [-0.2, -0.15) is 0 Å². The molecule has 14 heteroatoms. The van der Waals surface area contributed by atoms with Gasteiger partial charge in [-0.25, -0.2) is 13.2 Å². The minimum absolute atomic E-state index is 0.0215. The molecule has 5 aromatic rings. The Morgan fingerprint density at radius 1 is 0.884 bits per heavy atom. The Kier molecular flexibility index (Phi) is 8.44. The van der Waals surface area contributed by atoms with Crippen LogP contribution in [0, 0.1) is 0 Å². The van der Waals surface area contributed by atoms with Gasteiger partial charge in [0.25, 0.3) is 21.5 Å². The number of anilines is 2.